The number of nitriles is 1. The zero-order valence-corrected chi connectivity index (χ0v) is 15.8. The molecule has 3 rings (SSSR count). The maximum Gasteiger partial charge on any atom is 0.266 e. The molecule has 0 aliphatic carbocycles. The highest BCUT2D eigenvalue weighted by Crippen LogP contribution is 2.32. The van der Waals surface area contributed by atoms with Crippen molar-refractivity contribution < 1.29 is 9.21 Å². The van der Waals surface area contributed by atoms with E-state index < -0.39 is 5.91 Å². The highest BCUT2D eigenvalue weighted by molar-refractivity contribution is 6.36. The van der Waals surface area contributed by atoms with Gasteiger partial charge in [0, 0.05) is 22.3 Å². The van der Waals surface area contributed by atoms with E-state index in [1.54, 1.807) is 36.4 Å². The highest BCUT2D eigenvalue weighted by Gasteiger charge is 2.13. The van der Waals surface area contributed by atoms with E-state index in [0.717, 1.165) is 5.56 Å². The number of rotatable bonds is 4. The predicted octanol–water partition coefficient (Wildman–Crippen LogP) is 6.11. The summed E-state index contributed by atoms with van der Waals surface area (Å²) in [6, 6.07) is 17.7. The zero-order valence-electron chi connectivity index (χ0n) is 14.3. The summed E-state index contributed by atoms with van der Waals surface area (Å²) in [5, 5.41) is 13.0. The first-order valence-electron chi connectivity index (χ1n) is 8.02. The molecule has 3 aromatic rings. The van der Waals surface area contributed by atoms with Crippen molar-refractivity contribution in [3.8, 4) is 17.4 Å². The van der Waals surface area contributed by atoms with Gasteiger partial charge in [0.2, 0.25) is 0 Å². The Kier molecular flexibility index (Phi) is 5.66. The SMILES string of the molecule is Cc1ccccc1NC(=O)/C(C#N)=C\c1ccc(-c2ccc(Cl)cc2Cl)o1. The molecule has 1 heterocycles. The van der Waals surface area contributed by atoms with Crippen molar-refractivity contribution in [2.24, 2.45) is 0 Å². The van der Waals surface area contributed by atoms with Crippen LogP contribution in [-0.4, -0.2) is 5.91 Å². The van der Waals surface area contributed by atoms with Gasteiger partial charge in [0.25, 0.3) is 5.91 Å². The van der Waals surface area contributed by atoms with Gasteiger partial charge in [-0.15, -0.1) is 0 Å². The van der Waals surface area contributed by atoms with Crippen LogP contribution in [0, 0.1) is 18.3 Å². The largest absolute Gasteiger partial charge is 0.457 e. The summed E-state index contributed by atoms with van der Waals surface area (Å²) >= 11 is 12.1. The second-order valence-electron chi connectivity index (χ2n) is 5.77. The Morgan fingerprint density at radius 3 is 2.63 bits per heavy atom. The van der Waals surface area contributed by atoms with E-state index in [1.165, 1.54) is 6.08 Å². The van der Waals surface area contributed by atoms with Crippen LogP contribution in [-0.2, 0) is 4.79 Å². The van der Waals surface area contributed by atoms with Gasteiger partial charge in [-0.3, -0.25) is 4.79 Å². The van der Waals surface area contributed by atoms with Crippen molar-refractivity contribution in [3.05, 3.63) is 81.5 Å². The molecule has 0 radical (unpaired) electrons. The van der Waals surface area contributed by atoms with Crippen LogP contribution >= 0.6 is 23.2 Å². The fourth-order valence-electron chi connectivity index (χ4n) is 2.46. The minimum Gasteiger partial charge on any atom is -0.457 e. The Balaban J connectivity index is 1.84. The minimum atomic E-state index is -0.505. The lowest BCUT2D eigenvalue weighted by atomic mass is 10.1. The molecular formula is C21H14Cl2N2O2. The molecule has 0 unspecified atom stereocenters. The average molecular weight is 397 g/mol. The first-order valence-corrected chi connectivity index (χ1v) is 8.77. The number of amides is 1. The van der Waals surface area contributed by atoms with Gasteiger partial charge in [0.15, 0.2) is 0 Å². The van der Waals surface area contributed by atoms with Crippen molar-refractivity contribution in [1.29, 1.82) is 5.26 Å². The highest BCUT2D eigenvalue weighted by atomic mass is 35.5. The summed E-state index contributed by atoms with van der Waals surface area (Å²) in [5.41, 5.74) is 2.16. The second kappa shape index (κ2) is 8.13. The topological polar surface area (TPSA) is 66.0 Å². The molecule has 0 aliphatic rings. The van der Waals surface area contributed by atoms with Gasteiger partial charge < -0.3 is 9.73 Å². The third kappa shape index (κ3) is 4.40. The van der Waals surface area contributed by atoms with Gasteiger partial charge in [-0.25, -0.2) is 0 Å². The van der Waals surface area contributed by atoms with Gasteiger partial charge >= 0.3 is 0 Å². The number of furan rings is 1. The van der Waals surface area contributed by atoms with Crippen LogP contribution in [0.25, 0.3) is 17.4 Å². The lowest BCUT2D eigenvalue weighted by Crippen LogP contribution is -2.14. The molecule has 0 saturated heterocycles. The lowest BCUT2D eigenvalue weighted by molar-refractivity contribution is -0.112. The summed E-state index contributed by atoms with van der Waals surface area (Å²) in [4.78, 5) is 12.4. The van der Waals surface area contributed by atoms with E-state index >= 15 is 0 Å². The number of hydrogen-bond donors (Lipinski definition) is 1. The number of anilines is 1. The van der Waals surface area contributed by atoms with E-state index in [1.807, 2.05) is 31.2 Å². The van der Waals surface area contributed by atoms with Crippen LogP contribution < -0.4 is 5.32 Å². The van der Waals surface area contributed by atoms with Gasteiger partial charge in [-0.2, -0.15) is 5.26 Å². The summed E-state index contributed by atoms with van der Waals surface area (Å²) < 4.78 is 5.71. The number of para-hydroxylation sites is 1. The lowest BCUT2D eigenvalue weighted by Gasteiger charge is -2.06. The Hall–Kier alpha value is -3.00. The molecule has 134 valence electrons. The molecule has 0 fully saturated rings. The maximum absolute atomic E-state index is 12.4. The summed E-state index contributed by atoms with van der Waals surface area (Å²) in [6.07, 6.45) is 1.39. The van der Waals surface area contributed by atoms with Gasteiger partial charge in [0.1, 0.15) is 23.2 Å². The third-order valence-electron chi connectivity index (χ3n) is 3.87. The molecule has 0 aliphatic heterocycles. The van der Waals surface area contributed by atoms with Crippen molar-refractivity contribution in [2.45, 2.75) is 6.92 Å². The van der Waals surface area contributed by atoms with Crippen molar-refractivity contribution in [3.63, 3.8) is 0 Å². The Bertz CT molecular complexity index is 1080. The van der Waals surface area contributed by atoms with E-state index in [9.17, 15) is 10.1 Å². The van der Waals surface area contributed by atoms with Crippen LogP contribution in [0.1, 0.15) is 11.3 Å². The number of nitrogens with zero attached hydrogens (tertiary/aromatic N) is 1. The van der Waals surface area contributed by atoms with Gasteiger partial charge in [-0.1, -0.05) is 41.4 Å². The van der Waals surface area contributed by atoms with E-state index in [0.29, 0.717) is 32.8 Å². The number of nitrogens with one attached hydrogen (secondary N) is 1. The number of benzene rings is 2. The van der Waals surface area contributed by atoms with Crippen LogP contribution in [0.3, 0.4) is 0 Å². The normalized spacial score (nSPS) is 11.1. The van der Waals surface area contributed by atoms with Gasteiger partial charge in [0.05, 0.1) is 5.02 Å². The molecular weight excluding hydrogens is 383 g/mol. The molecule has 0 atom stereocenters. The number of halogens is 2. The van der Waals surface area contributed by atoms with Crippen molar-refractivity contribution in [2.75, 3.05) is 5.32 Å². The molecule has 27 heavy (non-hydrogen) atoms. The first-order chi connectivity index (χ1) is 13.0. The number of carbonyl (C=O) groups is 1. The molecule has 2 aromatic carbocycles. The Labute approximate surface area is 166 Å². The molecule has 0 bridgehead atoms. The number of hydrogen-bond acceptors (Lipinski definition) is 3. The van der Waals surface area contributed by atoms with Crippen LogP contribution in [0.2, 0.25) is 10.0 Å². The zero-order chi connectivity index (χ0) is 19.4. The Morgan fingerprint density at radius 1 is 1.15 bits per heavy atom. The quantitative estimate of drug-likeness (QED) is 0.427. The number of carbonyl (C=O) groups excluding carboxylic acids is 1. The summed E-state index contributed by atoms with van der Waals surface area (Å²) in [6.45, 7) is 1.88. The summed E-state index contributed by atoms with van der Waals surface area (Å²) in [5.74, 6) is 0.376. The van der Waals surface area contributed by atoms with Gasteiger partial charge in [-0.05, 0) is 48.9 Å². The van der Waals surface area contributed by atoms with Crippen LogP contribution in [0.5, 0.6) is 0 Å². The minimum absolute atomic E-state index is 0.0682. The fourth-order valence-corrected chi connectivity index (χ4v) is 2.96. The standard InChI is InChI=1S/C21H14Cl2N2O2/c1-13-4-2-3-5-19(13)25-21(26)14(12-24)10-16-7-9-20(27-16)17-8-6-15(22)11-18(17)23/h2-11H,1H3,(H,25,26)/b14-10-. The number of aryl methyl sites for hydroxylation is 1. The molecule has 0 saturated carbocycles. The van der Waals surface area contributed by atoms with E-state index in [-0.39, 0.29) is 5.57 Å². The second-order valence-corrected chi connectivity index (χ2v) is 6.61. The Morgan fingerprint density at radius 2 is 1.93 bits per heavy atom. The fraction of sp³-hybridized carbons (Fsp3) is 0.0476. The summed E-state index contributed by atoms with van der Waals surface area (Å²) in [7, 11) is 0. The first kappa shape index (κ1) is 18.8. The van der Waals surface area contributed by atoms with Crippen LogP contribution in [0.4, 0.5) is 5.69 Å². The molecule has 0 spiro atoms. The molecule has 1 N–H and O–H groups in total. The van der Waals surface area contributed by atoms with E-state index in [2.05, 4.69) is 5.32 Å². The molecule has 1 amide bonds. The van der Waals surface area contributed by atoms with Crippen molar-refractivity contribution in [1.82, 2.24) is 0 Å². The molecule has 4 nitrogen and oxygen atoms in total. The average Bonchev–Trinajstić information content (AvgIpc) is 3.09. The van der Waals surface area contributed by atoms with E-state index in [4.69, 9.17) is 27.6 Å². The van der Waals surface area contributed by atoms with Crippen LogP contribution in [0.15, 0.2) is 64.6 Å². The predicted molar refractivity (Wildman–Crippen MR) is 108 cm³/mol. The molecule has 6 heteroatoms. The third-order valence-corrected chi connectivity index (χ3v) is 4.42. The molecule has 1 aromatic heterocycles. The monoisotopic (exact) mass is 396 g/mol. The van der Waals surface area contributed by atoms with Crippen molar-refractivity contribution >= 4 is 40.9 Å². The maximum atomic E-state index is 12.4. The smallest absolute Gasteiger partial charge is 0.266 e.